The van der Waals surface area contributed by atoms with Crippen molar-refractivity contribution in [2.75, 3.05) is 7.11 Å². The van der Waals surface area contributed by atoms with Gasteiger partial charge in [0.15, 0.2) is 0 Å². The summed E-state index contributed by atoms with van der Waals surface area (Å²) in [5.74, 6) is 0.606. The molecule has 0 saturated carbocycles. The van der Waals surface area contributed by atoms with Crippen molar-refractivity contribution >= 4 is 16.7 Å². The monoisotopic (exact) mass is 390 g/mol. The lowest BCUT2D eigenvalue weighted by Crippen LogP contribution is -2.28. The van der Waals surface area contributed by atoms with Crippen LogP contribution in [0.15, 0.2) is 65.5 Å². The van der Waals surface area contributed by atoms with Crippen LogP contribution in [-0.2, 0) is 18.4 Å². The van der Waals surface area contributed by atoms with Gasteiger partial charge in [0.05, 0.1) is 13.7 Å². The predicted molar refractivity (Wildman–Crippen MR) is 117 cm³/mol. The van der Waals surface area contributed by atoms with Gasteiger partial charge in [0.25, 0.3) is 5.56 Å². The summed E-state index contributed by atoms with van der Waals surface area (Å²) in [6, 6.07) is 15.4. The zero-order valence-corrected chi connectivity index (χ0v) is 17.1. The number of hydrogen-bond donors (Lipinski definition) is 1. The molecule has 3 rings (SSSR count). The van der Waals surface area contributed by atoms with Crippen molar-refractivity contribution in [2.24, 2.45) is 7.05 Å². The quantitative estimate of drug-likeness (QED) is 0.616. The van der Waals surface area contributed by atoms with Crippen molar-refractivity contribution in [3.8, 4) is 16.9 Å². The summed E-state index contributed by atoms with van der Waals surface area (Å²) in [6.45, 7) is 2.29. The number of fused-ring (bicyclic) bond motifs is 1. The van der Waals surface area contributed by atoms with E-state index in [-0.39, 0.29) is 18.0 Å². The number of hydrogen-bond acceptors (Lipinski definition) is 3. The van der Waals surface area contributed by atoms with Gasteiger partial charge in [-0.3, -0.25) is 9.59 Å². The molecule has 0 fully saturated rings. The molecule has 3 aromatic rings. The minimum Gasteiger partial charge on any atom is -0.497 e. The minimum atomic E-state index is -0.0996. The van der Waals surface area contributed by atoms with E-state index in [1.54, 1.807) is 30.9 Å². The van der Waals surface area contributed by atoms with Crippen LogP contribution < -0.4 is 15.6 Å². The molecule has 0 aliphatic carbocycles. The van der Waals surface area contributed by atoms with Gasteiger partial charge in [-0.15, -0.1) is 0 Å². The summed E-state index contributed by atoms with van der Waals surface area (Å²) in [5.41, 5.74) is 2.56. The van der Waals surface area contributed by atoms with E-state index < -0.39 is 0 Å². The van der Waals surface area contributed by atoms with E-state index in [2.05, 4.69) is 5.32 Å². The molecule has 5 nitrogen and oxygen atoms in total. The number of ether oxygens (including phenoxy) is 1. The number of carbonyl (C=O) groups is 1. The standard InChI is InChI=1S/C24H26N2O3/c1-4-5-7-12-22(27)25-16-21-23(17-10-8-6-9-11-17)20-15-18(29-3)13-14-19(20)24(28)26(21)2/h5-11,13-15H,4,12,16H2,1-3H3,(H,25,27). The molecular weight excluding hydrogens is 364 g/mol. The second-order valence-electron chi connectivity index (χ2n) is 6.82. The molecule has 0 aliphatic rings. The first-order valence-electron chi connectivity index (χ1n) is 9.73. The first-order valence-corrected chi connectivity index (χ1v) is 9.73. The van der Waals surface area contributed by atoms with Gasteiger partial charge in [0.2, 0.25) is 5.91 Å². The minimum absolute atomic E-state index is 0.0769. The van der Waals surface area contributed by atoms with Crippen LogP contribution in [0.3, 0.4) is 0 Å². The predicted octanol–water partition coefficient (Wildman–Crippen LogP) is 4.19. The Morgan fingerprint density at radius 3 is 2.55 bits per heavy atom. The normalized spacial score (nSPS) is 11.1. The van der Waals surface area contributed by atoms with Gasteiger partial charge >= 0.3 is 0 Å². The second kappa shape index (κ2) is 9.24. The summed E-state index contributed by atoms with van der Waals surface area (Å²) in [5, 5.41) is 4.38. The molecule has 0 atom stereocenters. The lowest BCUT2D eigenvalue weighted by atomic mass is 9.96. The highest BCUT2D eigenvalue weighted by Crippen LogP contribution is 2.32. The van der Waals surface area contributed by atoms with Gasteiger partial charge in [-0.25, -0.2) is 0 Å². The molecule has 0 unspecified atom stereocenters. The van der Waals surface area contributed by atoms with Crippen LogP contribution in [0.25, 0.3) is 21.9 Å². The maximum Gasteiger partial charge on any atom is 0.258 e. The van der Waals surface area contributed by atoms with Crippen LogP contribution in [-0.4, -0.2) is 17.6 Å². The van der Waals surface area contributed by atoms with Gasteiger partial charge in [-0.05, 0) is 30.2 Å². The number of aromatic nitrogens is 1. The molecule has 0 saturated heterocycles. The van der Waals surface area contributed by atoms with Gasteiger partial charge < -0.3 is 14.6 Å². The fourth-order valence-corrected chi connectivity index (χ4v) is 3.42. The maximum absolute atomic E-state index is 13.0. The lowest BCUT2D eigenvalue weighted by molar-refractivity contribution is -0.120. The number of allylic oxidation sites excluding steroid dienone is 1. The Balaban J connectivity index is 2.14. The van der Waals surface area contributed by atoms with Crippen molar-refractivity contribution in [2.45, 2.75) is 26.3 Å². The number of carbonyl (C=O) groups excluding carboxylic acids is 1. The van der Waals surface area contributed by atoms with E-state index in [0.717, 1.165) is 28.6 Å². The Kier molecular flexibility index (Phi) is 6.50. The highest BCUT2D eigenvalue weighted by molar-refractivity contribution is 5.98. The van der Waals surface area contributed by atoms with Crippen LogP contribution in [0.1, 0.15) is 25.5 Å². The molecule has 0 aliphatic heterocycles. The van der Waals surface area contributed by atoms with E-state index >= 15 is 0 Å². The number of nitrogens with one attached hydrogen (secondary N) is 1. The Bertz CT molecular complexity index is 1100. The topological polar surface area (TPSA) is 60.3 Å². The summed E-state index contributed by atoms with van der Waals surface area (Å²) >= 11 is 0. The van der Waals surface area contributed by atoms with Crippen LogP contribution >= 0.6 is 0 Å². The number of nitrogens with zero attached hydrogens (tertiary/aromatic N) is 1. The highest BCUT2D eigenvalue weighted by atomic mass is 16.5. The zero-order valence-electron chi connectivity index (χ0n) is 17.1. The van der Waals surface area contributed by atoms with Crippen molar-refractivity contribution in [3.63, 3.8) is 0 Å². The SMILES string of the molecule is CCC=CCC(=O)NCc1c(-c2ccccc2)c2cc(OC)ccc2c(=O)n1C. The number of methoxy groups -OCH3 is 1. The molecule has 29 heavy (non-hydrogen) atoms. The largest absolute Gasteiger partial charge is 0.497 e. The molecule has 1 N–H and O–H groups in total. The summed E-state index contributed by atoms with van der Waals surface area (Å²) < 4.78 is 7.01. The van der Waals surface area contributed by atoms with E-state index in [1.807, 2.05) is 55.5 Å². The molecule has 150 valence electrons. The maximum atomic E-state index is 13.0. The van der Waals surface area contributed by atoms with Crippen molar-refractivity contribution in [1.29, 1.82) is 0 Å². The van der Waals surface area contributed by atoms with Gasteiger partial charge in [-0.2, -0.15) is 0 Å². The average Bonchev–Trinajstić information content (AvgIpc) is 2.75. The Labute approximate surface area is 170 Å². The Hall–Kier alpha value is -3.34. The van der Waals surface area contributed by atoms with Crippen molar-refractivity contribution < 1.29 is 9.53 Å². The van der Waals surface area contributed by atoms with Crippen molar-refractivity contribution in [3.05, 3.63) is 76.7 Å². The molecule has 1 amide bonds. The van der Waals surface area contributed by atoms with Crippen LogP contribution in [0, 0.1) is 0 Å². The third kappa shape index (κ3) is 4.40. The van der Waals surface area contributed by atoms with E-state index in [1.165, 1.54) is 0 Å². The Morgan fingerprint density at radius 1 is 1.10 bits per heavy atom. The molecule has 1 heterocycles. The van der Waals surface area contributed by atoms with Gasteiger partial charge in [0, 0.05) is 35.5 Å². The molecule has 0 spiro atoms. The fraction of sp³-hybridized carbons (Fsp3) is 0.250. The van der Waals surface area contributed by atoms with E-state index in [9.17, 15) is 9.59 Å². The number of pyridine rings is 1. The fourth-order valence-electron chi connectivity index (χ4n) is 3.42. The first-order chi connectivity index (χ1) is 14.1. The lowest BCUT2D eigenvalue weighted by Gasteiger charge is -2.18. The van der Waals surface area contributed by atoms with Crippen molar-refractivity contribution in [1.82, 2.24) is 9.88 Å². The van der Waals surface area contributed by atoms with Crippen LogP contribution in [0.4, 0.5) is 0 Å². The summed E-state index contributed by atoms with van der Waals surface area (Å²) in [7, 11) is 3.35. The summed E-state index contributed by atoms with van der Waals surface area (Å²) in [6.07, 6.45) is 5.04. The molecular formula is C24H26N2O3. The molecule has 0 bridgehead atoms. The summed E-state index contributed by atoms with van der Waals surface area (Å²) in [4.78, 5) is 25.2. The Morgan fingerprint density at radius 2 is 1.86 bits per heavy atom. The van der Waals surface area contributed by atoms with E-state index in [4.69, 9.17) is 4.74 Å². The van der Waals surface area contributed by atoms with Crippen LogP contribution in [0.5, 0.6) is 5.75 Å². The number of amides is 1. The highest BCUT2D eigenvalue weighted by Gasteiger charge is 2.17. The van der Waals surface area contributed by atoms with Gasteiger partial charge in [-0.1, -0.05) is 49.4 Å². The molecule has 2 aromatic carbocycles. The smallest absolute Gasteiger partial charge is 0.258 e. The van der Waals surface area contributed by atoms with E-state index in [0.29, 0.717) is 17.6 Å². The van der Waals surface area contributed by atoms with Gasteiger partial charge in [0.1, 0.15) is 5.75 Å². The third-order valence-corrected chi connectivity index (χ3v) is 4.95. The third-order valence-electron chi connectivity index (χ3n) is 4.95. The molecule has 1 aromatic heterocycles. The van der Waals surface area contributed by atoms with Crippen LogP contribution in [0.2, 0.25) is 0 Å². The number of rotatable bonds is 7. The first kappa shape index (κ1) is 20.4. The number of benzene rings is 2. The molecule has 0 radical (unpaired) electrons. The average molecular weight is 390 g/mol. The second-order valence-corrected chi connectivity index (χ2v) is 6.82. The molecule has 5 heteroatoms. The zero-order chi connectivity index (χ0) is 20.8.